The maximum absolute atomic E-state index is 12.3. The Hall–Kier alpha value is -2.27. The molecule has 0 radical (unpaired) electrons. The maximum atomic E-state index is 12.3. The Morgan fingerprint density at radius 1 is 0.947 bits per heavy atom. The van der Waals surface area contributed by atoms with Crippen LogP contribution in [0.15, 0.2) is 71.2 Å². The zero-order valence-corrected chi connectivity index (χ0v) is 10.8. The van der Waals surface area contributed by atoms with Gasteiger partial charge in [0.2, 0.25) is 9.84 Å². The second kappa shape index (κ2) is 5.16. The van der Waals surface area contributed by atoms with Gasteiger partial charge in [-0.15, -0.1) is 0 Å². The van der Waals surface area contributed by atoms with Crippen LogP contribution in [0.2, 0.25) is 0 Å². The number of sulfone groups is 1. The Morgan fingerprint density at radius 2 is 1.42 bits per heavy atom. The van der Waals surface area contributed by atoms with Crippen molar-refractivity contribution in [3.8, 4) is 11.5 Å². The largest absolute Gasteiger partial charge is 0.508 e. The minimum absolute atomic E-state index is 0.0219. The quantitative estimate of drug-likeness (QED) is 0.872. The molecular formula is C14H12O4S. The Bertz CT molecular complexity index is 670. The van der Waals surface area contributed by atoms with Crippen LogP contribution in [-0.2, 0) is 9.84 Å². The molecule has 0 saturated heterocycles. The zero-order chi connectivity index (χ0) is 13.9. The molecule has 0 fully saturated rings. The molecule has 0 spiro atoms. The predicted octanol–water partition coefficient (Wildman–Crippen LogP) is 2.75. The molecule has 0 atom stereocenters. The first kappa shape index (κ1) is 13.2. The lowest BCUT2D eigenvalue weighted by Gasteiger charge is -2.06. The number of ether oxygens (including phenoxy) is 1. The molecule has 0 bridgehead atoms. The number of benzene rings is 2. The normalized spacial score (nSPS) is 10.9. The van der Waals surface area contributed by atoms with Gasteiger partial charge in [0.05, 0.1) is 16.1 Å². The molecule has 0 aliphatic rings. The monoisotopic (exact) mass is 276 g/mol. The van der Waals surface area contributed by atoms with Crippen molar-refractivity contribution in [2.45, 2.75) is 9.79 Å². The summed E-state index contributed by atoms with van der Waals surface area (Å²) in [5.74, 6) is 0.535. The van der Waals surface area contributed by atoms with Crippen LogP contribution >= 0.6 is 0 Å². The lowest BCUT2D eigenvalue weighted by Crippen LogP contribution is -2.01. The molecule has 0 unspecified atom stereocenters. The molecule has 2 aromatic rings. The highest BCUT2D eigenvalue weighted by Crippen LogP contribution is 2.24. The summed E-state index contributed by atoms with van der Waals surface area (Å²) in [6.07, 6.45) is 1.27. The zero-order valence-electron chi connectivity index (χ0n) is 9.98. The number of hydrogen-bond donors (Lipinski definition) is 1. The van der Waals surface area contributed by atoms with Gasteiger partial charge in [-0.05, 0) is 48.5 Å². The van der Waals surface area contributed by atoms with Crippen molar-refractivity contribution in [1.29, 1.82) is 0 Å². The van der Waals surface area contributed by atoms with E-state index in [9.17, 15) is 8.42 Å². The van der Waals surface area contributed by atoms with Crippen LogP contribution in [0, 0.1) is 0 Å². The average Bonchev–Trinajstić information content (AvgIpc) is 2.40. The molecular weight excluding hydrogens is 264 g/mol. The lowest BCUT2D eigenvalue weighted by atomic mass is 10.3. The number of phenolic OH excluding ortho intramolecular Hbond substituents is 1. The summed E-state index contributed by atoms with van der Waals surface area (Å²) >= 11 is 0. The summed E-state index contributed by atoms with van der Waals surface area (Å²) in [6.45, 7) is 3.42. The molecule has 0 amide bonds. The van der Waals surface area contributed by atoms with Crippen LogP contribution in [0.1, 0.15) is 0 Å². The van der Waals surface area contributed by atoms with Gasteiger partial charge in [-0.2, -0.15) is 0 Å². The fourth-order valence-corrected chi connectivity index (χ4v) is 2.82. The molecule has 0 heterocycles. The number of aromatic hydroxyl groups is 1. The maximum Gasteiger partial charge on any atom is 0.206 e. The molecule has 5 heteroatoms. The van der Waals surface area contributed by atoms with Crippen molar-refractivity contribution in [3.63, 3.8) is 0 Å². The topological polar surface area (TPSA) is 63.6 Å². The lowest BCUT2D eigenvalue weighted by molar-refractivity contribution is 0.475. The Balaban J connectivity index is 2.39. The summed E-state index contributed by atoms with van der Waals surface area (Å²) in [4.78, 5) is 0.289. The van der Waals surface area contributed by atoms with E-state index in [0.29, 0.717) is 5.75 Å². The van der Waals surface area contributed by atoms with Gasteiger partial charge in [0, 0.05) is 0 Å². The molecule has 4 nitrogen and oxygen atoms in total. The van der Waals surface area contributed by atoms with E-state index in [1.54, 1.807) is 12.1 Å². The Morgan fingerprint density at radius 3 is 1.89 bits per heavy atom. The van der Waals surface area contributed by atoms with Crippen molar-refractivity contribution in [2.24, 2.45) is 0 Å². The molecule has 1 N–H and O–H groups in total. The number of hydrogen-bond acceptors (Lipinski definition) is 4. The fourth-order valence-electron chi connectivity index (χ4n) is 1.55. The van der Waals surface area contributed by atoms with Gasteiger partial charge in [-0.25, -0.2) is 8.42 Å². The van der Waals surface area contributed by atoms with E-state index in [-0.39, 0.29) is 15.5 Å². The van der Waals surface area contributed by atoms with Crippen molar-refractivity contribution in [2.75, 3.05) is 0 Å². The van der Waals surface area contributed by atoms with E-state index in [4.69, 9.17) is 9.84 Å². The SMILES string of the molecule is C=COc1ccc(S(=O)(=O)c2ccc(O)cc2)cc1. The van der Waals surface area contributed by atoms with Crippen LogP contribution in [-0.4, -0.2) is 13.5 Å². The van der Waals surface area contributed by atoms with Gasteiger partial charge in [-0.1, -0.05) is 6.58 Å². The van der Waals surface area contributed by atoms with Crippen LogP contribution in [0.25, 0.3) is 0 Å². The molecule has 0 aromatic heterocycles. The molecule has 0 aliphatic heterocycles. The first-order valence-electron chi connectivity index (χ1n) is 5.46. The molecule has 0 saturated carbocycles. The predicted molar refractivity (Wildman–Crippen MR) is 70.8 cm³/mol. The summed E-state index contributed by atoms with van der Waals surface area (Å²) in [5, 5.41) is 9.17. The smallest absolute Gasteiger partial charge is 0.206 e. The van der Waals surface area contributed by atoms with Gasteiger partial charge in [0.25, 0.3) is 0 Å². The highest BCUT2D eigenvalue weighted by Gasteiger charge is 2.17. The third-order valence-electron chi connectivity index (χ3n) is 2.50. The van der Waals surface area contributed by atoms with Crippen LogP contribution in [0.5, 0.6) is 11.5 Å². The highest BCUT2D eigenvalue weighted by atomic mass is 32.2. The van der Waals surface area contributed by atoms with Crippen LogP contribution in [0.4, 0.5) is 0 Å². The Labute approximate surface area is 111 Å². The van der Waals surface area contributed by atoms with Crippen LogP contribution in [0.3, 0.4) is 0 Å². The second-order valence-corrected chi connectivity index (χ2v) is 5.70. The molecule has 98 valence electrons. The van der Waals surface area contributed by atoms with Gasteiger partial charge < -0.3 is 9.84 Å². The standard InChI is InChI=1S/C14H12O4S/c1-2-18-12-5-9-14(10-6-12)19(16,17)13-7-3-11(15)4-8-13/h2-10,15H,1H2. The average molecular weight is 276 g/mol. The van der Waals surface area contributed by atoms with Crippen molar-refractivity contribution >= 4 is 9.84 Å². The van der Waals surface area contributed by atoms with E-state index in [0.717, 1.165) is 0 Å². The molecule has 2 aromatic carbocycles. The summed E-state index contributed by atoms with van der Waals surface area (Å²) in [6, 6.07) is 11.4. The summed E-state index contributed by atoms with van der Waals surface area (Å²) < 4.78 is 29.6. The van der Waals surface area contributed by atoms with E-state index in [1.807, 2.05) is 0 Å². The molecule has 0 aliphatic carbocycles. The van der Waals surface area contributed by atoms with Crippen molar-refractivity contribution in [3.05, 3.63) is 61.4 Å². The second-order valence-electron chi connectivity index (χ2n) is 3.75. The van der Waals surface area contributed by atoms with Crippen molar-refractivity contribution in [1.82, 2.24) is 0 Å². The first-order chi connectivity index (χ1) is 9.04. The minimum atomic E-state index is -3.58. The van der Waals surface area contributed by atoms with E-state index in [1.165, 1.54) is 42.7 Å². The summed E-state index contributed by atoms with van der Waals surface area (Å²) in [5.41, 5.74) is 0. The Kier molecular flexibility index (Phi) is 3.57. The van der Waals surface area contributed by atoms with E-state index < -0.39 is 9.84 Å². The van der Waals surface area contributed by atoms with Gasteiger partial charge in [-0.3, -0.25) is 0 Å². The third kappa shape index (κ3) is 2.77. The van der Waals surface area contributed by atoms with Gasteiger partial charge in [0.15, 0.2) is 0 Å². The highest BCUT2D eigenvalue weighted by molar-refractivity contribution is 7.91. The third-order valence-corrected chi connectivity index (χ3v) is 4.29. The summed E-state index contributed by atoms with van der Waals surface area (Å²) in [7, 11) is -3.58. The molecule has 2 rings (SSSR count). The first-order valence-corrected chi connectivity index (χ1v) is 6.94. The van der Waals surface area contributed by atoms with Crippen molar-refractivity contribution < 1.29 is 18.3 Å². The minimum Gasteiger partial charge on any atom is -0.508 e. The number of rotatable bonds is 4. The van der Waals surface area contributed by atoms with Gasteiger partial charge >= 0.3 is 0 Å². The van der Waals surface area contributed by atoms with Crippen LogP contribution < -0.4 is 4.74 Å². The van der Waals surface area contributed by atoms with E-state index in [2.05, 4.69) is 6.58 Å². The van der Waals surface area contributed by atoms with Gasteiger partial charge in [0.1, 0.15) is 11.5 Å². The molecule has 19 heavy (non-hydrogen) atoms. The fraction of sp³-hybridized carbons (Fsp3) is 0. The van der Waals surface area contributed by atoms with E-state index >= 15 is 0 Å². The number of phenols is 1.